The average molecular weight is 283 g/mol. The molecule has 0 saturated carbocycles. The lowest BCUT2D eigenvalue weighted by Gasteiger charge is -2.14. The molecule has 1 aliphatic rings. The van der Waals surface area contributed by atoms with Crippen LogP contribution >= 0.6 is 0 Å². The SMILES string of the molecule is COc1ccc2c(NCCC3=CCCCC3)ncnc2c1. The van der Waals surface area contributed by atoms with Crippen molar-refractivity contribution in [3.8, 4) is 5.75 Å². The molecule has 1 aliphatic carbocycles. The van der Waals surface area contributed by atoms with E-state index in [4.69, 9.17) is 4.74 Å². The number of fused-ring (bicyclic) bond motifs is 1. The van der Waals surface area contributed by atoms with Crippen LogP contribution < -0.4 is 10.1 Å². The van der Waals surface area contributed by atoms with Crippen LogP contribution in [0.2, 0.25) is 0 Å². The Morgan fingerprint density at radius 2 is 2.19 bits per heavy atom. The molecule has 0 bridgehead atoms. The maximum absolute atomic E-state index is 5.23. The van der Waals surface area contributed by atoms with Crippen molar-refractivity contribution in [3.63, 3.8) is 0 Å². The van der Waals surface area contributed by atoms with Crippen molar-refractivity contribution in [1.29, 1.82) is 0 Å². The maximum Gasteiger partial charge on any atom is 0.137 e. The van der Waals surface area contributed by atoms with Gasteiger partial charge in [0.2, 0.25) is 0 Å². The molecule has 0 saturated heterocycles. The van der Waals surface area contributed by atoms with E-state index < -0.39 is 0 Å². The maximum atomic E-state index is 5.23. The summed E-state index contributed by atoms with van der Waals surface area (Å²) in [5.74, 6) is 1.72. The first-order chi connectivity index (χ1) is 10.4. The van der Waals surface area contributed by atoms with Crippen LogP contribution in [0.25, 0.3) is 10.9 Å². The first-order valence-electron chi connectivity index (χ1n) is 7.57. The number of benzene rings is 1. The molecule has 0 atom stereocenters. The Morgan fingerprint density at radius 3 is 3.00 bits per heavy atom. The standard InChI is InChI=1S/C17H21N3O/c1-21-14-7-8-15-16(11-14)19-12-20-17(15)18-10-9-13-5-3-2-4-6-13/h5,7-8,11-12H,2-4,6,9-10H2,1H3,(H,18,19,20). The smallest absolute Gasteiger partial charge is 0.137 e. The Hall–Kier alpha value is -2.10. The average Bonchev–Trinajstić information content (AvgIpc) is 2.55. The van der Waals surface area contributed by atoms with E-state index in [1.54, 1.807) is 19.0 Å². The third kappa shape index (κ3) is 3.32. The van der Waals surface area contributed by atoms with Gasteiger partial charge in [0.15, 0.2) is 0 Å². The fourth-order valence-corrected chi connectivity index (χ4v) is 2.78. The second kappa shape index (κ2) is 6.57. The van der Waals surface area contributed by atoms with Crippen LogP contribution in [-0.2, 0) is 0 Å². The summed E-state index contributed by atoms with van der Waals surface area (Å²) >= 11 is 0. The number of nitrogens with one attached hydrogen (secondary N) is 1. The second-order valence-corrected chi connectivity index (χ2v) is 5.39. The second-order valence-electron chi connectivity index (χ2n) is 5.39. The highest BCUT2D eigenvalue weighted by atomic mass is 16.5. The molecular weight excluding hydrogens is 262 g/mol. The number of aromatic nitrogens is 2. The van der Waals surface area contributed by atoms with Crippen LogP contribution in [0.1, 0.15) is 32.1 Å². The lowest BCUT2D eigenvalue weighted by atomic mass is 9.97. The minimum absolute atomic E-state index is 0.819. The summed E-state index contributed by atoms with van der Waals surface area (Å²) in [4.78, 5) is 8.67. The van der Waals surface area contributed by atoms with Gasteiger partial charge in [0.05, 0.1) is 12.6 Å². The van der Waals surface area contributed by atoms with Crippen LogP contribution in [-0.4, -0.2) is 23.6 Å². The van der Waals surface area contributed by atoms with Gasteiger partial charge in [-0.15, -0.1) is 0 Å². The van der Waals surface area contributed by atoms with Gasteiger partial charge < -0.3 is 10.1 Å². The predicted octanol–water partition coefficient (Wildman–Crippen LogP) is 3.94. The molecule has 0 amide bonds. The summed E-state index contributed by atoms with van der Waals surface area (Å²) in [5.41, 5.74) is 2.48. The van der Waals surface area contributed by atoms with Gasteiger partial charge in [-0.2, -0.15) is 0 Å². The van der Waals surface area contributed by atoms with Gasteiger partial charge in [-0.05, 0) is 44.2 Å². The fraction of sp³-hybridized carbons (Fsp3) is 0.412. The van der Waals surface area contributed by atoms with Gasteiger partial charge >= 0.3 is 0 Å². The lowest BCUT2D eigenvalue weighted by Crippen LogP contribution is -2.06. The van der Waals surface area contributed by atoms with Crippen LogP contribution in [0.4, 0.5) is 5.82 Å². The van der Waals surface area contributed by atoms with E-state index in [9.17, 15) is 0 Å². The monoisotopic (exact) mass is 283 g/mol. The van der Waals surface area contributed by atoms with E-state index in [0.29, 0.717) is 0 Å². The van der Waals surface area contributed by atoms with Crippen molar-refractivity contribution in [2.24, 2.45) is 0 Å². The van der Waals surface area contributed by atoms with Crippen molar-refractivity contribution in [2.45, 2.75) is 32.1 Å². The molecule has 1 heterocycles. The van der Waals surface area contributed by atoms with Crippen molar-refractivity contribution < 1.29 is 4.74 Å². The molecule has 0 radical (unpaired) electrons. The molecule has 0 unspecified atom stereocenters. The first kappa shape index (κ1) is 13.9. The lowest BCUT2D eigenvalue weighted by molar-refractivity contribution is 0.415. The third-order valence-corrected chi connectivity index (χ3v) is 3.97. The molecule has 21 heavy (non-hydrogen) atoms. The molecule has 110 valence electrons. The summed E-state index contributed by atoms with van der Waals surface area (Å²) in [6.45, 7) is 0.921. The Kier molecular flexibility index (Phi) is 4.34. The summed E-state index contributed by atoms with van der Waals surface area (Å²) in [6, 6.07) is 5.89. The number of anilines is 1. The minimum Gasteiger partial charge on any atom is -0.497 e. The topological polar surface area (TPSA) is 47.0 Å². The van der Waals surface area contributed by atoms with Gasteiger partial charge in [-0.1, -0.05) is 11.6 Å². The van der Waals surface area contributed by atoms with Crippen LogP contribution in [0.5, 0.6) is 5.75 Å². The molecule has 1 aromatic carbocycles. The van der Waals surface area contributed by atoms with Crippen LogP contribution in [0.15, 0.2) is 36.2 Å². The first-order valence-corrected chi connectivity index (χ1v) is 7.57. The Bertz CT molecular complexity index is 652. The minimum atomic E-state index is 0.819. The highest BCUT2D eigenvalue weighted by Gasteiger charge is 2.06. The van der Waals surface area contributed by atoms with Crippen molar-refractivity contribution in [1.82, 2.24) is 9.97 Å². The van der Waals surface area contributed by atoms with Gasteiger partial charge in [0, 0.05) is 18.0 Å². The number of hydrogen-bond donors (Lipinski definition) is 1. The molecule has 0 aliphatic heterocycles. The summed E-state index contributed by atoms with van der Waals surface area (Å²) < 4.78 is 5.23. The highest BCUT2D eigenvalue weighted by molar-refractivity contribution is 5.89. The summed E-state index contributed by atoms with van der Waals surface area (Å²) in [7, 11) is 1.67. The van der Waals surface area contributed by atoms with E-state index in [2.05, 4.69) is 21.4 Å². The van der Waals surface area contributed by atoms with E-state index in [1.807, 2.05) is 18.2 Å². The fourth-order valence-electron chi connectivity index (χ4n) is 2.78. The highest BCUT2D eigenvalue weighted by Crippen LogP contribution is 2.24. The zero-order chi connectivity index (χ0) is 14.5. The normalized spacial score (nSPS) is 14.8. The number of ether oxygens (including phenoxy) is 1. The summed E-state index contributed by atoms with van der Waals surface area (Å²) in [6.07, 6.45) is 10.3. The van der Waals surface area contributed by atoms with E-state index in [1.165, 1.54) is 25.7 Å². The molecule has 4 nitrogen and oxygen atoms in total. The molecule has 3 rings (SSSR count). The van der Waals surface area contributed by atoms with Gasteiger partial charge in [0.1, 0.15) is 17.9 Å². The molecule has 0 fully saturated rings. The van der Waals surface area contributed by atoms with Gasteiger partial charge in [-0.3, -0.25) is 0 Å². The van der Waals surface area contributed by atoms with E-state index in [0.717, 1.165) is 35.4 Å². The van der Waals surface area contributed by atoms with Crippen LogP contribution in [0, 0.1) is 0 Å². The number of nitrogens with zero attached hydrogens (tertiary/aromatic N) is 2. The molecule has 1 N–H and O–H groups in total. The predicted molar refractivity (Wildman–Crippen MR) is 85.7 cm³/mol. The van der Waals surface area contributed by atoms with Gasteiger partial charge in [-0.25, -0.2) is 9.97 Å². The zero-order valence-corrected chi connectivity index (χ0v) is 12.4. The molecule has 4 heteroatoms. The molecule has 0 spiro atoms. The third-order valence-electron chi connectivity index (χ3n) is 3.97. The molecule has 2 aromatic rings. The Morgan fingerprint density at radius 1 is 1.24 bits per heavy atom. The largest absolute Gasteiger partial charge is 0.497 e. The number of allylic oxidation sites excluding steroid dienone is 1. The molecule has 1 aromatic heterocycles. The zero-order valence-electron chi connectivity index (χ0n) is 12.4. The Labute approximate surface area is 125 Å². The van der Waals surface area contributed by atoms with Crippen molar-refractivity contribution in [3.05, 3.63) is 36.2 Å². The van der Waals surface area contributed by atoms with Crippen molar-refractivity contribution >= 4 is 16.7 Å². The van der Waals surface area contributed by atoms with Crippen molar-refractivity contribution in [2.75, 3.05) is 19.0 Å². The van der Waals surface area contributed by atoms with Gasteiger partial charge in [0.25, 0.3) is 0 Å². The molecular formula is C17H21N3O. The van der Waals surface area contributed by atoms with E-state index >= 15 is 0 Å². The Balaban J connectivity index is 1.70. The number of hydrogen-bond acceptors (Lipinski definition) is 4. The summed E-state index contributed by atoms with van der Waals surface area (Å²) in [5, 5.41) is 4.48. The quantitative estimate of drug-likeness (QED) is 0.844. The van der Waals surface area contributed by atoms with E-state index in [-0.39, 0.29) is 0 Å². The number of methoxy groups -OCH3 is 1. The number of rotatable bonds is 5. The van der Waals surface area contributed by atoms with Crippen LogP contribution in [0.3, 0.4) is 0 Å².